The van der Waals surface area contributed by atoms with Crippen LogP contribution < -0.4 is 15.4 Å². The minimum absolute atomic E-state index is 0.0177. The molecule has 122 valence electrons. The number of benzene rings is 2. The Kier molecular flexibility index (Phi) is 5.48. The molecule has 3 N–H and O–H groups in total. The molecule has 0 bridgehead atoms. The average Bonchev–Trinajstić information content (AvgIpc) is 2.51. The van der Waals surface area contributed by atoms with E-state index in [1.807, 2.05) is 0 Å². The topological polar surface area (TPSA) is 70.6 Å². The molecular formula is C16H16F2N2O3. The minimum Gasteiger partial charge on any atom is -0.497 e. The fourth-order valence-electron chi connectivity index (χ4n) is 1.96. The van der Waals surface area contributed by atoms with Gasteiger partial charge in [-0.25, -0.2) is 13.6 Å². The van der Waals surface area contributed by atoms with Gasteiger partial charge in [-0.3, -0.25) is 0 Å². The van der Waals surface area contributed by atoms with Crippen molar-refractivity contribution in [2.45, 2.75) is 6.10 Å². The first-order valence-corrected chi connectivity index (χ1v) is 6.81. The lowest BCUT2D eigenvalue weighted by Gasteiger charge is -2.14. The van der Waals surface area contributed by atoms with Crippen molar-refractivity contribution in [3.05, 3.63) is 59.7 Å². The SMILES string of the molecule is COc1cccc(C(O)CNC(=O)Nc2cc(F)cc(F)c2)c1. The zero-order valence-electron chi connectivity index (χ0n) is 12.3. The summed E-state index contributed by atoms with van der Waals surface area (Å²) < 4.78 is 31.1. The smallest absolute Gasteiger partial charge is 0.319 e. The molecule has 5 nitrogen and oxygen atoms in total. The molecule has 0 aliphatic heterocycles. The van der Waals surface area contributed by atoms with Crippen LogP contribution in [0.15, 0.2) is 42.5 Å². The van der Waals surface area contributed by atoms with E-state index in [1.54, 1.807) is 24.3 Å². The van der Waals surface area contributed by atoms with Crippen LogP contribution in [0.5, 0.6) is 5.75 Å². The summed E-state index contributed by atoms with van der Waals surface area (Å²) in [7, 11) is 1.51. The van der Waals surface area contributed by atoms with Gasteiger partial charge in [0.05, 0.1) is 13.2 Å². The normalized spacial score (nSPS) is 11.7. The monoisotopic (exact) mass is 322 g/mol. The number of anilines is 1. The van der Waals surface area contributed by atoms with Crippen molar-refractivity contribution in [3.63, 3.8) is 0 Å². The number of urea groups is 1. The fraction of sp³-hybridized carbons (Fsp3) is 0.188. The molecule has 0 aromatic heterocycles. The first-order chi connectivity index (χ1) is 11.0. The van der Waals surface area contributed by atoms with Crippen molar-refractivity contribution in [1.82, 2.24) is 5.32 Å². The third-order valence-corrected chi connectivity index (χ3v) is 3.05. The second-order valence-electron chi connectivity index (χ2n) is 4.79. The van der Waals surface area contributed by atoms with Crippen molar-refractivity contribution in [3.8, 4) is 5.75 Å². The van der Waals surface area contributed by atoms with Crippen LogP contribution in [0.4, 0.5) is 19.3 Å². The number of hydrogen-bond acceptors (Lipinski definition) is 3. The highest BCUT2D eigenvalue weighted by Gasteiger charge is 2.11. The Hall–Kier alpha value is -2.67. The summed E-state index contributed by atoms with van der Waals surface area (Å²) in [5.41, 5.74) is 0.553. The van der Waals surface area contributed by atoms with Gasteiger partial charge in [-0.1, -0.05) is 12.1 Å². The maximum absolute atomic E-state index is 13.0. The van der Waals surface area contributed by atoms with E-state index in [0.717, 1.165) is 12.1 Å². The average molecular weight is 322 g/mol. The van der Waals surface area contributed by atoms with E-state index in [2.05, 4.69) is 10.6 Å². The number of carbonyl (C=O) groups excluding carboxylic acids is 1. The first kappa shape index (κ1) is 16.7. The van der Waals surface area contributed by atoms with Crippen LogP contribution in [-0.2, 0) is 0 Å². The summed E-state index contributed by atoms with van der Waals surface area (Å²) in [6, 6.07) is 8.78. The Morgan fingerprint density at radius 2 is 1.91 bits per heavy atom. The number of aliphatic hydroxyl groups excluding tert-OH is 1. The highest BCUT2D eigenvalue weighted by Crippen LogP contribution is 2.18. The second kappa shape index (κ2) is 7.55. The van der Waals surface area contributed by atoms with Gasteiger partial charge >= 0.3 is 6.03 Å². The molecule has 0 saturated carbocycles. The molecule has 1 atom stereocenters. The van der Waals surface area contributed by atoms with Crippen LogP contribution in [0.1, 0.15) is 11.7 Å². The van der Waals surface area contributed by atoms with Gasteiger partial charge in [0.2, 0.25) is 0 Å². The van der Waals surface area contributed by atoms with E-state index in [1.165, 1.54) is 7.11 Å². The Labute approximate surface area is 131 Å². The lowest BCUT2D eigenvalue weighted by Crippen LogP contribution is -2.32. The van der Waals surface area contributed by atoms with Gasteiger partial charge in [0.25, 0.3) is 0 Å². The molecule has 23 heavy (non-hydrogen) atoms. The van der Waals surface area contributed by atoms with Crippen molar-refractivity contribution in [2.75, 3.05) is 19.0 Å². The van der Waals surface area contributed by atoms with Crippen molar-refractivity contribution >= 4 is 11.7 Å². The molecule has 7 heteroatoms. The number of nitrogens with one attached hydrogen (secondary N) is 2. The van der Waals surface area contributed by atoms with Gasteiger partial charge in [-0.15, -0.1) is 0 Å². The summed E-state index contributed by atoms with van der Waals surface area (Å²) in [6.45, 7) is -0.0726. The zero-order valence-corrected chi connectivity index (χ0v) is 12.3. The molecule has 2 aromatic carbocycles. The van der Waals surface area contributed by atoms with Crippen molar-refractivity contribution in [2.24, 2.45) is 0 Å². The molecule has 1 unspecified atom stereocenters. The Balaban J connectivity index is 1.90. The summed E-state index contributed by atoms with van der Waals surface area (Å²) in [5, 5.41) is 14.7. The molecule has 0 saturated heterocycles. The zero-order chi connectivity index (χ0) is 16.8. The first-order valence-electron chi connectivity index (χ1n) is 6.81. The molecule has 0 radical (unpaired) electrons. The maximum atomic E-state index is 13.0. The van der Waals surface area contributed by atoms with Crippen LogP contribution in [0.25, 0.3) is 0 Å². The van der Waals surface area contributed by atoms with Gasteiger partial charge in [0.1, 0.15) is 17.4 Å². The number of aliphatic hydroxyl groups is 1. The van der Waals surface area contributed by atoms with Crippen LogP contribution in [-0.4, -0.2) is 24.8 Å². The predicted molar refractivity (Wildman–Crippen MR) is 81.3 cm³/mol. The largest absolute Gasteiger partial charge is 0.497 e. The number of halogens is 2. The summed E-state index contributed by atoms with van der Waals surface area (Å²) in [5.74, 6) is -1.00. The molecule has 0 spiro atoms. The summed E-state index contributed by atoms with van der Waals surface area (Å²) in [4.78, 5) is 11.7. The highest BCUT2D eigenvalue weighted by molar-refractivity contribution is 5.89. The van der Waals surface area contributed by atoms with Crippen LogP contribution in [0.2, 0.25) is 0 Å². The van der Waals surface area contributed by atoms with Gasteiger partial charge < -0.3 is 20.5 Å². The van der Waals surface area contributed by atoms with Crippen LogP contribution >= 0.6 is 0 Å². The Bertz CT molecular complexity index is 675. The third kappa shape index (κ3) is 4.93. The van der Waals surface area contributed by atoms with E-state index in [4.69, 9.17) is 4.74 Å². The quantitative estimate of drug-likeness (QED) is 0.793. The standard InChI is InChI=1S/C16H16F2N2O3/c1-23-14-4-2-3-10(5-14)15(21)9-19-16(22)20-13-7-11(17)6-12(18)8-13/h2-8,15,21H,9H2,1H3,(H2,19,20,22). The van der Waals surface area contributed by atoms with E-state index < -0.39 is 23.8 Å². The summed E-state index contributed by atoms with van der Waals surface area (Å²) in [6.07, 6.45) is -0.944. The predicted octanol–water partition coefficient (Wildman–Crippen LogP) is 2.83. The van der Waals surface area contributed by atoms with E-state index >= 15 is 0 Å². The third-order valence-electron chi connectivity index (χ3n) is 3.05. The number of hydrogen-bond donors (Lipinski definition) is 3. The number of amides is 2. The fourth-order valence-corrected chi connectivity index (χ4v) is 1.96. The molecule has 2 rings (SSSR count). The maximum Gasteiger partial charge on any atom is 0.319 e. The van der Waals surface area contributed by atoms with Crippen molar-refractivity contribution < 1.29 is 23.4 Å². The van der Waals surface area contributed by atoms with Gasteiger partial charge in [0.15, 0.2) is 0 Å². The van der Waals surface area contributed by atoms with E-state index in [9.17, 15) is 18.7 Å². The number of carbonyl (C=O) groups is 1. The minimum atomic E-state index is -0.944. The molecule has 0 aliphatic carbocycles. The molecule has 0 fully saturated rings. The van der Waals surface area contributed by atoms with Gasteiger partial charge in [-0.2, -0.15) is 0 Å². The molecule has 0 heterocycles. The molecule has 2 amide bonds. The lowest BCUT2D eigenvalue weighted by molar-refractivity contribution is 0.175. The lowest BCUT2D eigenvalue weighted by atomic mass is 10.1. The van der Waals surface area contributed by atoms with Crippen molar-refractivity contribution in [1.29, 1.82) is 0 Å². The van der Waals surface area contributed by atoms with Crippen LogP contribution in [0, 0.1) is 11.6 Å². The summed E-state index contributed by atoms with van der Waals surface area (Å²) >= 11 is 0. The Morgan fingerprint density at radius 3 is 2.57 bits per heavy atom. The molecular weight excluding hydrogens is 306 g/mol. The van der Waals surface area contributed by atoms with E-state index in [0.29, 0.717) is 17.4 Å². The van der Waals surface area contributed by atoms with Gasteiger partial charge in [0, 0.05) is 18.3 Å². The highest BCUT2D eigenvalue weighted by atomic mass is 19.1. The molecule has 2 aromatic rings. The van der Waals surface area contributed by atoms with Gasteiger partial charge in [-0.05, 0) is 29.8 Å². The number of ether oxygens (including phenoxy) is 1. The van der Waals surface area contributed by atoms with Crippen LogP contribution in [0.3, 0.4) is 0 Å². The second-order valence-corrected chi connectivity index (χ2v) is 4.79. The number of rotatable bonds is 5. The Morgan fingerprint density at radius 1 is 1.22 bits per heavy atom. The van der Waals surface area contributed by atoms with E-state index in [-0.39, 0.29) is 12.2 Å². The molecule has 0 aliphatic rings. The number of methoxy groups -OCH3 is 1.